The first kappa shape index (κ1) is 12.9. The predicted octanol–water partition coefficient (Wildman–Crippen LogP) is 1.92. The molecule has 100 valence electrons. The molecule has 0 fully saturated rings. The van der Waals surface area contributed by atoms with Crippen molar-refractivity contribution < 1.29 is 9.94 Å². The third-order valence-electron chi connectivity index (χ3n) is 2.76. The average Bonchev–Trinajstić information content (AvgIpc) is 2.67. The lowest BCUT2D eigenvalue weighted by atomic mass is 10.1. The van der Waals surface area contributed by atoms with Crippen molar-refractivity contribution in [3.63, 3.8) is 0 Å². The van der Waals surface area contributed by atoms with Gasteiger partial charge in [-0.1, -0.05) is 5.16 Å². The van der Waals surface area contributed by atoms with Crippen LogP contribution in [0.4, 0.5) is 0 Å². The van der Waals surface area contributed by atoms with Crippen LogP contribution >= 0.6 is 0 Å². The zero-order valence-corrected chi connectivity index (χ0v) is 11.1. The third kappa shape index (κ3) is 2.67. The normalized spacial score (nSPS) is 11.6. The fourth-order valence-corrected chi connectivity index (χ4v) is 1.84. The zero-order chi connectivity index (χ0) is 14.0. The van der Waals surface area contributed by atoms with Crippen LogP contribution in [0.15, 0.2) is 29.4 Å². The van der Waals surface area contributed by atoms with Crippen LogP contribution in [-0.2, 0) is 7.05 Å². The highest BCUT2D eigenvalue weighted by Crippen LogP contribution is 2.24. The van der Waals surface area contributed by atoms with Crippen molar-refractivity contribution in [1.29, 1.82) is 0 Å². The van der Waals surface area contributed by atoms with Crippen molar-refractivity contribution >= 4 is 5.84 Å². The average molecular weight is 260 g/mol. The Morgan fingerprint density at radius 1 is 1.37 bits per heavy atom. The molecule has 6 heteroatoms. The molecule has 2 rings (SSSR count). The Bertz CT molecular complexity index is 632. The molecule has 19 heavy (non-hydrogen) atoms. The molecule has 0 amide bonds. The van der Waals surface area contributed by atoms with Crippen LogP contribution in [0.3, 0.4) is 0 Å². The number of hydrogen-bond donors (Lipinski definition) is 2. The second-order valence-corrected chi connectivity index (χ2v) is 4.31. The number of aromatic nitrogens is 2. The van der Waals surface area contributed by atoms with Gasteiger partial charge in [0, 0.05) is 18.7 Å². The minimum atomic E-state index is 0.0837. The van der Waals surface area contributed by atoms with Gasteiger partial charge in [-0.2, -0.15) is 5.10 Å². The molecule has 1 aromatic carbocycles. The molecule has 0 aliphatic heterocycles. The second kappa shape index (κ2) is 5.01. The molecule has 0 aliphatic carbocycles. The van der Waals surface area contributed by atoms with E-state index in [1.165, 1.54) is 0 Å². The molecule has 2 aromatic rings. The molecule has 0 bridgehead atoms. The molecule has 0 atom stereocenters. The van der Waals surface area contributed by atoms with Gasteiger partial charge in [0.1, 0.15) is 5.75 Å². The Morgan fingerprint density at radius 2 is 2.11 bits per heavy atom. The molecule has 0 spiro atoms. The predicted molar refractivity (Wildman–Crippen MR) is 71.7 cm³/mol. The monoisotopic (exact) mass is 260 g/mol. The molecule has 0 radical (unpaired) electrons. The Hall–Kier alpha value is -2.50. The molecule has 6 nitrogen and oxygen atoms in total. The number of nitrogens with two attached hydrogens (primary N) is 1. The Balaban J connectivity index is 2.28. The summed E-state index contributed by atoms with van der Waals surface area (Å²) >= 11 is 0. The number of ether oxygens (including phenoxy) is 1. The standard InChI is InChI=1S/C13H16N4O2/c1-8-6-10(4-5-11(8)13(14)16-18)19-12-7-9(2)15-17(12)3/h4-7,18H,1-3H3,(H2,14,16). The van der Waals surface area contributed by atoms with Crippen molar-refractivity contribution in [1.82, 2.24) is 9.78 Å². The highest BCUT2D eigenvalue weighted by atomic mass is 16.5. The minimum absolute atomic E-state index is 0.0837. The molecule has 0 unspecified atom stereocenters. The van der Waals surface area contributed by atoms with E-state index in [9.17, 15) is 0 Å². The molecule has 1 heterocycles. The summed E-state index contributed by atoms with van der Waals surface area (Å²) in [6, 6.07) is 7.20. The fourth-order valence-electron chi connectivity index (χ4n) is 1.84. The smallest absolute Gasteiger partial charge is 0.217 e. The summed E-state index contributed by atoms with van der Waals surface area (Å²) in [6.07, 6.45) is 0. The number of aryl methyl sites for hydroxylation is 3. The highest BCUT2D eigenvalue weighted by molar-refractivity contribution is 5.98. The van der Waals surface area contributed by atoms with Gasteiger partial charge >= 0.3 is 0 Å². The number of benzene rings is 1. The molecular formula is C13H16N4O2. The van der Waals surface area contributed by atoms with Crippen molar-refractivity contribution in [2.45, 2.75) is 13.8 Å². The van der Waals surface area contributed by atoms with Gasteiger partial charge in [-0.25, -0.2) is 4.68 Å². The zero-order valence-electron chi connectivity index (χ0n) is 11.1. The first-order valence-electron chi connectivity index (χ1n) is 5.78. The Morgan fingerprint density at radius 3 is 2.63 bits per heavy atom. The minimum Gasteiger partial charge on any atom is -0.439 e. The lowest BCUT2D eigenvalue weighted by molar-refractivity contribution is 0.318. The lowest BCUT2D eigenvalue weighted by Crippen LogP contribution is -2.14. The summed E-state index contributed by atoms with van der Waals surface area (Å²) in [5, 5.41) is 15.9. The molecule has 3 N–H and O–H groups in total. The van der Waals surface area contributed by atoms with Gasteiger partial charge in [0.25, 0.3) is 0 Å². The summed E-state index contributed by atoms with van der Waals surface area (Å²) in [5.74, 6) is 1.42. The van der Waals surface area contributed by atoms with Gasteiger partial charge in [0.05, 0.1) is 5.69 Å². The Labute approximate surface area is 111 Å². The van der Waals surface area contributed by atoms with E-state index >= 15 is 0 Å². The van der Waals surface area contributed by atoms with Gasteiger partial charge in [-0.3, -0.25) is 0 Å². The van der Waals surface area contributed by atoms with Crippen LogP contribution in [0.1, 0.15) is 16.8 Å². The topological polar surface area (TPSA) is 85.7 Å². The molecule has 0 saturated heterocycles. The third-order valence-corrected chi connectivity index (χ3v) is 2.76. The van der Waals surface area contributed by atoms with E-state index in [1.807, 2.05) is 33.0 Å². The van der Waals surface area contributed by atoms with Gasteiger partial charge in [-0.15, -0.1) is 0 Å². The SMILES string of the molecule is Cc1cc(Oc2ccc(/C(N)=N/O)c(C)c2)n(C)n1. The van der Waals surface area contributed by atoms with E-state index in [2.05, 4.69) is 10.3 Å². The second-order valence-electron chi connectivity index (χ2n) is 4.31. The molecular weight excluding hydrogens is 244 g/mol. The number of hydrogen-bond acceptors (Lipinski definition) is 4. The first-order valence-corrected chi connectivity index (χ1v) is 5.78. The van der Waals surface area contributed by atoms with Crippen LogP contribution in [-0.4, -0.2) is 20.8 Å². The Kier molecular flexibility index (Phi) is 3.41. The maximum atomic E-state index is 8.68. The van der Waals surface area contributed by atoms with Crippen molar-refractivity contribution in [2.24, 2.45) is 17.9 Å². The number of nitrogens with zero attached hydrogens (tertiary/aromatic N) is 3. The van der Waals surface area contributed by atoms with Crippen LogP contribution in [0.25, 0.3) is 0 Å². The van der Waals surface area contributed by atoms with Gasteiger partial charge in [-0.05, 0) is 37.6 Å². The highest BCUT2D eigenvalue weighted by Gasteiger charge is 2.08. The van der Waals surface area contributed by atoms with Crippen LogP contribution in [0.2, 0.25) is 0 Å². The number of amidine groups is 1. The fraction of sp³-hybridized carbons (Fsp3) is 0.231. The van der Waals surface area contributed by atoms with Gasteiger partial charge in [0.15, 0.2) is 5.84 Å². The first-order chi connectivity index (χ1) is 9.01. The van der Waals surface area contributed by atoms with Crippen LogP contribution < -0.4 is 10.5 Å². The van der Waals surface area contributed by atoms with E-state index < -0.39 is 0 Å². The maximum absolute atomic E-state index is 8.68. The number of oxime groups is 1. The largest absolute Gasteiger partial charge is 0.439 e. The van der Waals surface area contributed by atoms with E-state index in [-0.39, 0.29) is 5.84 Å². The molecule has 0 saturated carbocycles. The van der Waals surface area contributed by atoms with Crippen molar-refractivity contribution in [3.8, 4) is 11.6 Å². The lowest BCUT2D eigenvalue weighted by Gasteiger charge is -2.08. The van der Waals surface area contributed by atoms with Gasteiger partial charge < -0.3 is 15.7 Å². The molecule has 1 aromatic heterocycles. The maximum Gasteiger partial charge on any atom is 0.217 e. The quantitative estimate of drug-likeness (QED) is 0.382. The van der Waals surface area contributed by atoms with Crippen LogP contribution in [0.5, 0.6) is 11.6 Å². The summed E-state index contributed by atoms with van der Waals surface area (Å²) in [6.45, 7) is 3.77. The summed E-state index contributed by atoms with van der Waals surface area (Å²) in [7, 11) is 1.82. The van der Waals surface area contributed by atoms with Crippen molar-refractivity contribution in [3.05, 3.63) is 41.1 Å². The van der Waals surface area contributed by atoms with Gasteiger partial charge in [0.2, 0.25) is 5.88 Å². The summed E-state index contributed by atoms with van der Waals surface area (Å²) in [4.78, 5) is 0. The van der Waals surface area contributed by atoms with E-state index in [0.29, 0.717) is 17.2 Å². The molecule has 0 aliphatic rings. The van der Waals surface area contributed by atoms with E-state index in [1.54, 1.807) is 16.8 Å². The summed E-state index contributed by atoms with van der Waals surface area (Å²) < 4.78 is 7.41. The number of rotatable bonds is 3. The van der Waals surface area contributed by atoms with Crippen molar-refractivity contribution in [2.75, 3.05) is 0 Å². The van der Waals surface area contributed by atoms with E-state index in [4.69, 9.17) is 15.7 Å². The van der Waals surface area contributed by atoms with Crippen LogP contribution in [0, 0.1) is 13.8 Å². The van der Waals surface area contributed by atoms with E-state index in [0.717, 1.165) is 11.3 Å². The summed E-state index contributed by atoms with van der Waals surface area (Å²) in [5.41, 5.74) is 8.01.